The van der Waals surface area contributed by atoms with E-state index in [0.29, 0.717) is 17.3 Å². The van der Waals surface area contributed by atoms with Gasteiger partial charge in [-0.05, 0) is 67.9 Å². The number of pyridine rings is 1. The molecule has 0 fully saturated rings. The Morgan fingerprint density at radius 2 is 1.84 bits per heavy atom. The van der Waals surface area contributed by atoms with Gasteiger partial charge in [-0.3, -0.25) is 24.8 Å². The molecule has 264 valence electrons. The molecule has 0 spiro atoms. The molecule has 0 saturated heterocycles. The minimum atomic E-state index is -0.963. The molecule has 3 heterocycles. The fourth-order valence-electron chi connectivity index (χ4n) is 6.47. The van der Waals surface area contributed by atoms with Crippen LogP contribution in [0, 0.1) is 11.8 Å². The summed E-state index contributed by atoms with van der Waals surface area (Å²) in [5.74, 6) is 4.77. The van der Waals surface area contributed by atoms with Crippen LogP contribution >= 0.6 is 11.3 Å². The average molecular weight is 690 g/mol. The van der Waals surface area contributed by atoms with E-state index in [1.54, 1.807) is 14.2 Å². The van der Waals surface area contributed by atoms with E-state index in [2.05, 4.69) is 67.3 Å². The molecule has 0 radical (unpaired) electrons. The Bertz CT molecular complexity index is 1780. The van der Waals surface area contributed by atoms with E-state index in [4.69, 9.17) is 20.5 Å². The van der Waals surface area contributed by atoms with E-state index < -0.39 is 23.9 Å². The van der Waals surface area contributed by atoms with E-state index in [-0.39, 0.29) is 18.4 Å². The number of likely N-dealkylation sites (N-methyl/N-ethyl adjacent to an activating group) is 1. The number of thiazole rings is 1. The minimum absolute atomic E-state index is 0.146. The fraction of sp³-hybridized carbons (Fsp3) is 0.486. The molecule has 3 atom stereocenters. The zero-order valence-corrected chi connectivity index (χ0v) is 31.0. The van der Waals surface area contributed by atoms with E-state index in [0.717, 1.165) is 47.4 Å². The van der Waals surface area contributed by atoms with Crippen LogP contribution in [-0.4, -0.2) is 63.9 Å². The van der Waals surface area contributed by atoms with Gasteiger partial charge in [0.25, 0.3) is 5.91 Å². The smallest absolute Gasteiger partial charge is 0.256 e. The van der Waals surface area contributed by atoms with Crippen molar-refractivity contribution >= 4 is 40.5 Å². The lowest BCUT2D eigenvalue weighted by Gasteiger charge is -2.28. The van der Waals surface area contributed by atoms with Crippen molar-refractivity contribution in [2.45, 2.75) is 92.5 Å². The number of carbonyl (C=O) groups is 3. The summed E-state index contributed by atoms with van der Waals surface area (Å²) in [6.07, 6.45) is 4.30. The summed E-state index contributed by atoms with van der Waals surface area (Å²) in [6, 6.07) is 7.03. The number of amides is 3. The third-order valence-corrected chi connectivity index (χ3v) is 9.85. The van der Waals surface area contributed by atoms with Gasteiger partial charge in [0.05, 0.1) is 28.2 Å². The predicted octanol–water partition coefficient (Wildman–Crippen LogP) is 5.45. The quantitative estimate of drug-likeness (QED) is 0.0615. The number of nitrogens with two attached hydrogens (primary N) is 1. The van der Waals surface area contributed by atoms with Gasteiger partial charge in [-0.2, -0.15) is 0 Å². The molecule has 0 bridgehead atoms. The fourth-order valence-corrected chi connectivity index (χ4v) is 7.32. The second-order valence-electron chi connectivity index (χ2n) is 13.3. The van der Waals surface area contributed by atoms with Crippen LogP contribution < -0.4 is 16.6 Å². The number of fused-ring (bicyclic) bond motifs is 1. The molecule has 0 aliphatic carbocycles. The van der Waals surface area contributed by atoms with Crippen LogP contribution in [0.5, 0.6) is 0 Å². The number of carbonyl (C=O) groups excluding carboxylic acids is 3. The average Bonchev–Trinajstić information content (AvgIpc) is 3.68. The van der Waals surface area contributed by atoms with Gasteiger partial charge >= 0.3 is 0 Å². The molecule has 1 aromatic carbocycles. The predicted molar refractivity (Wildman–Crippen MR) is 196 cm³/mol. The summed E-state index contributed by atoms with van der Waals surface area (Å²) < 4.78 is 8.16. The molecule has 4 N–H and O–H groups in total. The number of hydrogen-bond acceptors (Lipinski definition) is 8. The highest BCUT2D eigenvalue weighted by molar-refractivity contribution is 7.10. The van der Waals surface area contributed by atoms with Crippen molar-refractivity contribution in [3.63, 3.8) is 0 Å². The molecule has 4 aromatic rings. The standard InChI is InChI=1S/C37H51N7O4S/c1-10-24-15-28(33(39-18-24)23(7)48-9)35-27(14-21(3)4)26-16-25(12-13-31(26)44(35)11-2)30-19-49-32(40-30)17-29(36(46)42-38)41-37(47)34(22(5)6)43(8)20-45/h12-13,15-16,18-23,29,34H,10-11,14,17,38H2,1-9H3,(H,41,47)(H,42,46). The van der Waals surface area contributed by atoms with Crippen molar-refractivity contribution in [1.29, 1.82) is 0 Å². The number of benzene rings is 1. The summed E-state index contributed by atoms with van der Waals surface area (Å²) >= 11 is 1.42. The summed E-state index contributed by atoms with van der Waals surface area (Å²) in [7, 11) is 3.26. The van der Waals surface area contributed by atoms with Gasteiger partial charge in [0, 0.05) is 60.7 Å². The van der Waals surface area contributed by atoms with Crippen molar-refractivity contribution in [3.05, 3.63) is 57.7 Å². The van der Waals surface area contributed by atoms with E-state index in [9.17, 15) is 14.4 Å². The van der Waals surface area contributed by atoms with E-state index in [1.165, 1.54) is 38.4 Å². The van der Waals surface area contributed by atoms with Gasteiger partial charge in [-0.1, -0.05) is 40.7 Å². The number of aryl methyl sites for hydroxylation is 2. The van der Waals surface area contributed by atoms with E-state index in [1.807, 2.05) is 32.3 Å². The van der Waals surface area contributed by atoms with Gasteiger partial charge in [-0.15, -0.1) is 11.3 Å². The summed E-state index contributed by atoms with van der Waals surface area (Å²) in [4.78, 5) is 48.5. The molecule has 0 aliphatic heterocycles. The van der Waals surface area contributed by atoms with Gasteiger partial charge in [-0.25, -0.2) is 10.8 Å². The second-order valence-corrected chi connectivity index (χ2v) is 14.2. The van der Waals surface area contributed by atoms with Gasteiger partial charge < -0.3 is 19.5 Å². The van der Waals surface area contributed by atoms with Crippen LogP contribution in [0.3, 0.4) is 0 Å². The molecule has 3 unspecified atom stereocenters. The molecular formula is C37H51N7O4S. The number of hydrazine groups is 1. The SMILES string of the molecule is CCc1cnc(C(C)OC)c(-c2c(CC(C)C)c3cc(-c4csc(CC(NC(=O)C(C(C)C)N(C)C=O)C(=O)NN)n4)ccc3n2CC)c1. The lowest BCUT2D eigenvalue weighted by Crippen LogP contribution is -2.56. The van der Waals surface area contributed by atoms with Crippen molar-refractivity contribution in [2.75, 3.05) is 14.2 Å². The first-order valence-corrected chi connectivity index (χ1v) is 17.9. The Labute approximate surface area is 293 Å². The number of ether oxygens (including phenoxy) is 1. The lowest BCUT2D eigenvalue weighted by molar-refractivity contribution is -0.136. The van der Waals surface area contributed by atoms with Crippen molar-refractivity contribution in [3.8, 4) is 22.5 Å². The first kappa shape index (κ1) is 37.7. The van der Waals surface area contributed by atoms with Crippen molar-refractivity contribution in [2.24, 2.45) is 17.7 Å². The maximum Gasteiger partial charge on any atom is 0.256 e. The minimum Gasteiger partial charge on any atom is -0.375 e. The molecular weight excluding hydrogens is 639 g/mol. The third kappa shape index (κ3) is 8.20. The van der Waals surface area contributed by atoms with Gasteiger partial charge in [0.1, 0.15) is 12.1 Å². The summed E-state index contributed by atoms with van der Waals surface area (Å²) in [5, 5.41) is 6.60. The number of rotatable bonds is 16. The van der Waals surface area contributed by atoms with Crippen LogP contribution in [0.2, 0.25) is 0 Å². The van der Waals surface area contributed by atoms with Crippen LogP contribution in [0.25, 0.3) is 33.4 Å². The first-order chi connectivity index (χ1) is 23.4. The number of methoxy groups -OCH3 is 1. The maximum absolute atomic E-state index is 13.2. The molecule has 3 amide bonds. The Morgan fingerprint density at radius 1 is 1.10 bits per heavy atom. The Balaban J connectivity index is 1.77. The Kier molecular flexibility index (Phi) is 12.7. The normalized spacial score (nSPS) is 13.5. The Hall–Kier alpha value is -4.13. The number of hydrogen-bond donors (Lipinski definition) is 3. The van der Waals surface area contributed by atoms with Crippen molar-refractivity contribution < 1.29 is 19.1 Å². The molecule has 12 heteroatoms. The van der Waals surface area contributed by atoms with E-state index >= 15 is 0 Å². The number of aromatic nitrogens is 3. The highest BCUT2D eigenvalue weighted by Crippen LogP contribution is 2.40. The molecule has 4 rings (SSSR count). The molecule has 0 aliphatic rings. The number of nitrogens with one attached hydrogen (secondary N) is 2. The maximum atomic E-state index is 13.2. The zero-order valence-electron chi connectivity index (χ0n) is 30.2. The topological polar surface area (TPSA) is 144 Å². The van der Waals surface area contributed by atoms with Crippen LogP contribution in [0.4, 0.5) is 0 Å². The molecule has 49 heavy (non-hydrogen) atoms. The molecule has 0 saturated carbocycles. The largest absolute Gasteiger partial charge is 0.375 e. The number of nitrogens with zero attached hydrogens (tertiary/aromatic N) is 4. The van der Waals surface area contributed by atoms with Crippen LogP contribution in [0.15, 0.2) is 35.8 Å². The van der Waals surface area contributed by atoms with Crippen LogP contribution in [0.1, 0.15) is 76.4 Å². The first-order valence-electron chi connectivity index (χ1n) is 17.0. The summed E-state index contributed by atoms with van der Waals surface area (Å²) in [5.41, 5.74) is 10.7. The van der Waals surface area contributed by atoms with Gasteiger partial charge in [0.2, 0.25) is 12.3 Å². The van der Waals surface area contributed by atoms with Gasteiger partial charge in [0.15, 0.2) is 0 Å². The Morgan fingerprint density at radius 3 is 2.43 bits per heavy atom. The third-order valence-electron chi connectivity index (χ3n) is 8.98. The second kappa shape index (κ2) is 16.5. The lowest BCUT2D eigenvalue weighted by atomic mass is 9.94. The zero-order chi connectivity index (χ0) is 36.0. The van der Waals surface area contributed by atoms with Crippen molar-refractivity contribution in [1.82, 2.24) is 30.2 Å². The highest BCUT2D eigenvalue weighted by atomic mass is 32.1. The van der Waals surface area contributed by atoms with Crippen LogP contribution in [-0.2, 0) is 44.9 Å². The monoisotopic (exact) mass is 689 g/mol. The summed E-state index contributed by atoms with van der Waals surface area (Å²) in [6.45, 7) is 15.3. The molecule has 3 aromatic heterocycles. The molecule has 11 nitrogen and oxygen atoms in total. The highest BCUT2D eigenvalue weighted by Gasteiger charge is 2.31.